The molecule has 4 aromatic rings. The van der Waals surface area contributed by atoms with E-state index in [1.54, 1.807) is 36.4 Å². The Morgan fingerprint density at radius 3 is 2.32 bits per heavy atom. The second-order valence-corrected chi connectivity index (χ2v) is 8.57. The van der Waals surface area contributed by atoms with Crippen molar-refractivity contribution in [2.75, 3.05) is 5.32 Å². The van der Waals surface area contributed by atoms with E-state index in [0.717, 1.165) is 16.3 Å². The van der Waals surface area contributed by atoms with Gasteiger partial charge < -0.3 is 10.1 Å². The van der Waals surface area contributed by atoms with Crippen molar-refractivity contribution >= 4 is 63.2 Å². The predicted molar refractivity (Wildman–Crippen MR) is 138 cm³/mol. The van der Waals surface area contributed by atoms with Crippen LogP contribution in [0.2, 0.25) is 15.1 Å². The number of halogens is 3. The van der Waals surface area contributed by atoms with Gasteiger partial charge in [-0.2, -0.15) is 5.26 Å². The maximum absolute atomic E-state index is 12.6. The van der Waals surface area contributed by atoms with Gasteiger partial charge >= 0.3 is 0 Å². The van der Waals surface area contributed by atoms with E-state index in [9.17, 15) is 10.1 Å². The number of para-hydroxylation sites is 1. The van der Waals surface area contributed by atoms with E-state index in [1.807, 2.05) is 48.5 Å². The Labute approximate surface area is 211 Å². The number of fused-ring (bicyclic) bond motifs is 1. The minimum atomic E-state index is -0.598. The van der Waals surface area contributed by atoms with Crippen LogP contribution in [-0.4, -0.2) is 5.91 Å². The Bertz CT molecular complexity index is 1430. The number of ether oxygens (including phenoxy) is 1. The normalized spacial score (nSPS) is 11.2. The van der Waals surface area contributed by atoms with Gasteiger partial charge in [-0.15, -0.1) is 0 Å². The van der Waals surface area contributed by atoms with Crippen molar-refractivity contribution in [3.63, 3.8) is 0 Å². The minimum absolute atomic E-state index is 0.128. The zero-order valence-corrected chi connectivity index (χ0v) is 20.0. The lowest BCUT2D eigenvalue weighted by atomic mass is 10.1. The van der Waals surface area contributed by atoms with E-state index in [4.69, 9.17) is 39.5 Å². The SMILES string of the molecule is N#C/C(=C\c1cc(Cl)c(OCc2cccc3ccccc23)c(Cl)c1)C(=O)Nc1ccccc1Cl. The number of nitriles is 1. The molecule has 0 unspecified atom stereocenters. The average Bonchev–Trinajstić information content (AvgIpc) is 2.83. The number of amides is 1. The Kier molecular flexibility index (Phi) is 7.40. The molecule has 0 atom stereocenters. The van der Waals surface area contributed by atoms with E-state index in [2.05, 4.69) is 5.32 Å². The molecule has 0 aliphatic heterocycles. The molecule has 0 fully saturated rings. The molecule has 0 aliphatic carbocycles. The predicted octanol–water partition coefficient (Wildman–Crippen LogP) is 7.92. The number of anilines is 1. The third-order valence-corrected chi connectivity index (χ3v) is 5.96. The van der Waals surface area contributed by atoms with Gasteiger partial charge in [-0.3, -0.25) is 4.79 Å². The summed E-state index contributed by atoms with van der Waals surface area (Å²) in [6, 6.07) is 25.8. The smallest absolute Gasteiger partial charge is 0.266 e. The lowest BCUT2D eigenvalue weighted by Crippen LogP contribution is -2.13. The van der Waals surface area contributed by atoms with Gasteiger partial charge in [0, 0.05) is 0 Å². The Balaban J connectivity index is 1.54. The quantitative estimate of drug-likeness (QED) is 0.213. The van der Waals surface area contributed by atoms with Crippen LogP contribution in [0.3, 0.4) is 0 Å². The molecular weight excluding hydrogens is 491 g/mol. The van der Waals surface area contributed by atoms with E-state index < -0.39 is 5.91 Å². The van der Waals surface area contributed by atoms with Gasteiger partial charge in [0.1, 0.15) is 18.2 Å². The highest BCUT2D eigenvalue weighted by Crippen LogP contribution is 2.36. The van der Waals surface area contributed by atoms with Crippen molar-refractivity contribution in [3.8, 4) is 11.8 Å². The highest BCUT2D eigenvalue weighted by molar-refractivity contribution is 6.37. The van der Waals surface area contributed by atoms with Gasteiger partial charge in [0.05, 0.1) is 20.8 Å². The van der Waals surface area contributed by atoms with Crippen LogP contribution in [-0.2, 0) is 11.4 Å². The lowest BCUT2D eigenvalue weighted by molar-refractivity contribution is -0.112. The summed E-state index contributed by atoms with van der Waals surface area (Å²) in [6.07, 6.45) is 1.40. The van der Waals surface area contributed by atoms with Crippen molar-refractivity contribution in [2.45, 2.75) is 6.61 Å². The minimum Gasteiger partial charge on any atom is -0.486 e. The molecule has 0 aromatic heterocycles. The van der Waals surface area contributed by atoms with Gasteiger partial charge in [-0.05, 0) is 52.2 Å². The fourth-order valence-electron chi connectivity index (χ4n) is 3.44. The summed E-state index contributed by atoms with van der Waals surface area (Å²) >= 11 is 18.9. The summed E-state index contributed by atoms with van der Waals surface area (Å²) in [7, 11) is 0. The zero-order valence-electron chi connectivity index (χ0n) is 17.7. The number of nitrogens with zero attached hydrogens (tertiary/aromatic N) is 1. The molecule has 168 valence electrons. The van der Waals surface area contributed by atoms with Crippen molar-refractivity contribution < 1.29 is 9.53 Å². The summed E-state index contributed by atoms with van der Waals surface area (Å²) in [5.74, 6) is -0.272. The summed E-state index contributed by atoms with van der Waals surface area (Å²) in [4.78, 5) is 12.6. The zero-order chi connectivity index (χ0) is 24.1. The van der Waals surface area contributed by atoms with E-state index in [1.165, 1.54) is 6.08 Å². The maximum Gasteiger partial charge on any atom is 0.266 e. The summed E-state index contributed by atoms with van der Waals surface area (Å²) in [5.41, 5.74) is 1.76. The van der Waals surface area contributed by atoms with Crippen LogP contribution in [0.25, 0.3) is 16.8 Å². The molecule has 0 saturated heterocycles. The highest BCUT2D eigenvalue weighted by Gasteiger charge is 2.14. The Morgan fingerprint density at radius 1 is 0.912 bits per heavy atom. The number of carbonyl (C=O) groups excluding carboxylic acids is 1. The Morgan fingerprint density at radius 2 is 1.59 bits per heavy atom. The molecule has 0 radical (unpaired) electrons. The molecule has 4 nitrogen and oxygen atoms in total. The largest absolute Gasteiger partial charge is 0.486 e. The second-order valence-electron chi connectivity index (χ2n) is 7.34. The third kappa shape index (κ3) is 5.35. The van der Waals surface area contributed by atoms with Crippen LogP contribution < -0.4 is 10.1 Å². The van der Waals surface area contributed by atoms with Gasteiger partial charge in [-0.1, -0.05) is 89.4 Å². The van der Waals surface area contributed by atoms with Gasteiger partial charge in [0.15, 0.2) is 5.75 Å². The van der Waals surface area contributed by atoms with Crippen LogP contribution in [0.15, 0.2) is 84.4 Å². The first-order valence-electron chi connectivity index (χ1n) is 10.2. The number of carbonyl (C=O) groups is 1. The molecule has 4 aromatic carbocycles. The highest BCUT2D eigenvalue weighted by atomic mass is 35.5. The molecule has 0 heterocycles. The van der Waals surface area contributed by atoms with Gasteiger partial charge in [0.2, 0.25) is 0 Å². The summed E-state index contributed by atoms with van der Waals surface area (Å²) in [6.45, 7) is 0.277. The van der Waals surface area contributed by atoms with Crippen molar-refractivity contribution in [2.24, 2.45) is 0 Å². The Hall–Kier alpha value is -3.49. The second kappa shape index (κ2) is 10.6. The molecule has 1 amide bonds. The van der Waals surface area contributed by atoms with Crippen molar-refractivity contribution in [3.05, 3.63) is 111 Å². The van der Waals surface area contributed by atoms with Crippen LogP contribution in [0.5, 0.6) is 5.75 Å². The van der Waals surface area contributed by atoms with E-state index in [0.29, 0.717) is 22.0 Å². The number of hydrogen-bond acceptors (Lipinski definition) is 3. The molecule has 34 heavy (non-hydrogen) atoms. The van der Waals surface area contributed by atoms with Gasteiger partial charge in [-0.25, -0.2) is 0 Å². The molecular formula is C27H17Cl3N2O2. The average molecular weight is 508 g/mol. The fraction of sp³-hybridized carbons (Fsp3) is 0.0370. The molecule has 7 heteroatoms. The van der Waals surface area contributed by atoms with Crippen LogP contribution in [0, 0.1) is 11.3 Å². The maximum atomic E-state index is 12.6. The number of hydrogen-bond donors (Lipinski definition) is 1. The van der Waals surface area contributed by atoms with E-state index >= 15 is 0 Å². The molecule has 0 bridgehead atoms. The molecule has 0 aliphatic rings. The lowest BCUT2D eigenvalue weighted by Gasteiger charge is -2.13. The molecule has 1 N–H and O–H groups in total. The van der Waals surface area contributed by atoms with Crippen LogP contribution in [0.4, 0.5) is 5.69 Å². The fourth-order valence-corrected chi connectivity index (χ4v) is 4.23. The topological polar surface area (TPSA) is 62.1 Å². The summed E-state index contributed by atoms with van der Waals surface area (Å²) < 4.78 is 5.94. The van der Waals surface area contributed by atoms with Crippen molar-refractivity contribution in [1.82, 2.24) is 0 Å². The van der Waals surface area contributed by atoms with Gasteiger partial charge in [0.25, 0.3) is 5.91 Å². The summed E-state index contributed by atoms with van der Waals surface area (Å²) in [5, 5.41) is 15.2. The van der Waals surface area contributed by atoms with Crippen LogP contribution in [0.1, 0.15) is 11.1 Å². The molecule has 4 rings (SSSR count). The third-order valence-electron chi connectivity index (χ3n) is 5.07. The first-order valence-corrected chi connectivity index (χ1v) is 11.4. The monoisotopic (exact) mass is 506 g/mol. The number of nitrogens with one attached hydrogen (secondary N) is 1. The molecule has 0 saturated carbocycles. The first kappa shape index (κ1) is 23.7. The van der Waals surface area contributed by atoms with E-state index in [-0.39, 0.29) is 22.2 Å². The molecule has 0 spiro atoms. The standard InChI is InChI=1S/C27H17Cl3N2O2/c28-22-10-3-4-11-25(22)32-27(33)20(15-31)12-17-13-23(29)26(24(30)14-17)34-16-19-8-5-7-18-6-1-2-9-21(18)19/h1-14H,16H2,(H,32,33)/b20-12+. The first-order chi connectivity index (χ1) is 16.5. The number of rotatable bonds is 6. The van der Waals surface area contributed by atoms with Crippen LogP contribution >= 0.6 is 34.8 Å². The number of benzene rings is 4. The van der Waals surface area contributed by atoms with Crippen molar-refractivity contribution in [1.29, 1.82) is 5.26 Å².